The van der Waals surface area contributed by atoms with Crippen molar-refractivity contribution in [2.75, 3.05) is 20.3 Å². The predicted octanol–water partition coefficient (Wildman–Crippen LogP) is 10.6. The van der Waals surface area contributed by atoms with Gasteiger partial charge in [-0.3, -0.25) is 0 Å². The molecule has 3 aromatic carbocycles. The van der Waals surface area contributed by atoms with Gasteiger partial charge in [-0.25, -0.2) is 0 Å². The molecule has 0 aromatic heterocycles. The molecule has 336 valence electrons. The first-order valence-corrected chi connectivity index (χ1v) is 26.5. The van der Waals surface area contributed by atoms with Crippen LogP contribution in [0.2, 0.25) is 22.2 Å². The van der Waals surface area contributed by atoms with Crippen molar-refractivity contribution in [1.29, 1.82) is 0 Å². The highest BCUT2D eigenvalue weighted by molar-refractivity contribution is 9.10. The number of hydrogen-bond acceptors (Lipinski definition) is 10. The van der Waals surface area contributed by atoms with Gasteiger partial charge in [0.25, 0.3) is 0 Å². The minimum Gasteiger partial charge on any atom is -0.457 e. The summed E-state index contributed by atoms with van der Waals surface area (Å²) in [7, 11) is -5.17. The van der Waals surface area contributed by atoms with Crippen molar-refractivity contribution in [1.82, 2.24) is 0 Å². The number of rotatable bonds is 10. The van der Waals surface area contributed by atoms with Crippen molar-refractivity contribution >= 4 is 49.0 Å². The molecule has 2 N–H and O–H groups in total. The van der Waals surface area contributed by atoms with Gasteiger partial charge in [-0.05, 0) is 76.3 Å². The number of alkyl halides is 3. The van der Waals surface area contributed by atoms with E-state index in [1.807, 2.05) is 0 Å². The highest BCUT2D eigenvalue weighted by Crippen LogP contribution is 2.57. The molecule has 0 spiro atoms. The lowest BCUT2D eigenvalue weighted by Gasteiger charge is -2.53. The van der Waals surface area contributed by atoms with Crippen LogP contribution in [0.5, 0.6) is 11.5 Å². The second-order valence-electron chi connectivity index (χ2n) is 17.8. The molecule has 0 bridgehead atoms. The maximum Gasteiger partial charge on any atom is 0.416 e. The van der Waals surface area contributed by atoms with Gasteiger partial charge in [0, 0.05) is 40.0 Å². The van der Waals surface area contributed by atoms with Crippen LogP contribution in [-0.4, -0.2) is 90.1 Å². The van der Waals surface area contributed by atoms with Gasteiger partial charge in [-0.1, -0.05) is 99.4 Å². The number of hydrogen-bond donors (Lipinski definition) is 2. The summed E-state index contributed by atoms with van der Waals surface area (Å²) in [4.78, 5) is 0. The number of benzene rings is 3. The summed E-state index contributed by atoms with van der Waals surface area (Å²) in [6, 6.07) is 15.4. The summed E-state index contributed by atoms with van der Waals surface area (Å²) in [5.41, 5.74) is -2.44. The van der Waals surface area contributed by atoms with Gasteiger partial charge >= 0.3 is 23.3 Å². The van der Waals surface area contributed by atoms with Gasteiger partial charge in [0.05, 0.1) is 18.8 Å². The smallest absolute Gasteiger partial charge is 0.416 e. The lowest BCUT2D eigenvalue weighted by molar-refractivity contribution is -0.335. The summed E-state index contributed by atoms with van der Waals surface area (Å²) < 4.78 is 100. The van der Waals surface area contributed by atoms with Gasteiger partial charge in [0.2, 0.25) is 0 Å². The molecule has 17 heteroatoms. The number of methoxy groups -OCH3 is 1. The maximum absolute atomic E-state index is 14.7. The summed E-state index contributed by atoms with van der Waals surface area (Å²) in [6.45, 7) is 17.1. The van der Waals surface area contributed by atoms with Gasteiger partial charge in [-0.2, -0.15) is 13.2 Å². The molecular weight excluding hydrogens is 961 g/mol. The quantitative estimate of drug-likeness (QED) is 0.150. The Morgan fingerprint density at radius 3 is 1.62 bits per heavy atom. The van der Waals surface area contributed by atoms with E-state index in [4.69, 9.17) is 36.7 Å². The Hall–Kier alpha value is -1.72. The van der Waals surface area contributed by atoms with Crippen molar-refractivity contribution in [3.8, 4) is 11.5 Å². The summed E-state index contributed by atoms with van der Waals surface area (Å²) in [5, 5.41) is 26.3. The zero-order chi connectivity index (χ0) is 44.4. The molecule has 0 amide bonds. The summed E-state index contributed by atoms with van der Waals surface area (Å²) in [5.74, 6) is -0.667. The minimum absolute atomic E-state index is 0.0889. The number of aliphatic hydroxyl groups excluding tert-OH is 2. The third-order valence-electron chi connectivity index (χ3n) is 12.9. The monoisotopic (exact) mass is 1020 g/mol. The van der Waals surface area contributed by atoms with Crippen molar-refractivity contribution in [3.63, 3.8) is 0 Å². The van der Waals surface area contributed by atoms with Crippen LogP contribution in [0.3, 0.4) is 0 Å². The molecule has 61 heavy (non-hydrogen) atoms. The van der Waals surface area contributed by atoms with Gasteiger partial charge in [0.1, 0.15) is 48.1 Å². The number of ether oxygens (including phenoxy) is 5. The molecule has 10 nitrogen and oxygen atoms in total. The SMILES string of the molecule is COC1(O[C@@H]2[C@H](O)[C@H]3O[Si](C(C)C)(C(C)C)O[Si](C(C)C)(C(C)C)O[C@@H]3[C@@H](O)[C@@H]2OC2(c3cccc(C(F)(F)F)c3)c3cc(Br)ccc3Oc3ccc(Br)cc32)CCOCC1. The molecule has 6 atom stereocenters. The van der Waals surface area contributed by atoms with E-state index in [-0.39, 0.29) is 40.6 Å². The second kappa shape index (κ2) is 17.6. The third-order valence-corrected chi connectivity index (χ3v) is 24.2. The van der Waals surface area contributed by atoms with Crippen molar-refractivity contribution in [3.05, 3.63) is 91.9 Å². The van der Waals surface area contributed by atoms with E-state index >= 15 is 0 Å². The predicted molar refractivity (Wildman–Crippen MR) is 234 cm³/mol. The summed E-state index contributed by atoms with van der Waals surface area (Å²) >= 11 is 7.20. The Labute approximate surface area is 375 Å². The Balaban J connectivity index is 1.52. The van der Waals surface area contributed by atoms with Crippen LogP contribution < -0.4 is 4.74 Å². The van der Waals surface area contributed by atoms with Crippen LogP contribution in [0.4, 0.5) is 13.2 Å². The zero-order valence-corrected chi connectivity index (χ0v) is 41.1. The van der Waals surface area contributed by atoms with Crippen LogP contribution in [0.15, 0.2) is 69.6 Å². The Kier molecular flexibility index (Phi) is 13.6. The highest BCUT2D eigenvalue weighted by Gasteiger charge is 2.67. The molecular formula is C44H57Br2F3O10Si2. The number of halogens is 5. The number of fused-ring (bicyclic) bond motifs is 3. The summed E-state index contributed by atoms with van der Waals surface area (Å²) in [6.07, 6.45) is -12.5. The molecule has 7 rings (SSSR count). The average Bonchev–Trinajstić information content (AvgIpc) is 3.39. The van der Waals surface area contributed by atoms with E-state index in [2.05, 4.69) is 87.2 Å². The van der Waals surface area contributed by atoms with E-state index < -0.39 is 76.9 Å². The van der Waals surface area contributed by atoms with Gasteiger partial charge in [0.15, 0.2) is 11.4 Å². The van der Waals surface area contributed by atoms with Crippen LogP contribution in [0.1, 0.15) is 90.5 Å². The molecule has 1 aliphatic carbocycles. The van der Waals surface area contributed by atoms with E-state index in [1.165, 1.54) is 13.2 Å². The Morgan fingerprint density at radius 2 is 1.18 bits per heavy atom. The van der Waals surface area contributed by atoms with Crippen molar-refractivity contribution in [2.45, 2.75) is 145 Å². The normalized spacial score (nSPS) is 27.9. The Morgan fingerprint density at radius 1 is 0.705 bits per heavy atom. The molecule has 4 aliphatic rings. The van der Waals surface area contributed by atoms with Crippen LogP contribution in [-0.2, 0) is 43.7 Å². The van der Waals surface area contributed by atoms with Crippen molar-refractivity contribution < 1.29 is 60.0 Å². The first kappa shape index (κ1) is 47.3. The van der Waals surface area contributed by atoms with Crippen LogP contribution in [0, 0.1) is 0 Å². The fraction of sp³-hybridized carbons (Fsp3) is 0.591. The molecule has 0 radical (unpaired) electrons. The van der Waals surface area contributed by atoms with Crippen molar-refractivity contribution in [2.24, 2.45) is 0 Å². The van der Waals surface area contributed by atoms with Crippen LogP contribution >= 0.6 is 31.9 Å². The van der Waals surface area contributed by atoms with Gasteiger partial charge in [-0.15, -0.1) is 0 Å². The largest absolute Gasteiger partial charge is 0.457 e. The first-order chi connectivity index (χ1) is 28.6. The lowest BCUT2D eigenvalue weighted by Crippen LogP contribution is -2.70. The number of aliphatic hydroxyl groups is 2. The average molecular weight is 1020 g/mol. The van der Waals surface area contributed by atoms with Crippen LogP contribution in [0.25, 0.3) is 0 Å². The topological polar surface area (TPSA) is 114 Å². The van der Waals surface area contributed by atoms with E-state index in [0.717, 1.165) is 12.1 Å². The first-order valence-electron chi connectivity index (χ1n) is 21.0. The third kappa shape index (κ3) is 8.28. The molecule has 3 heterocycles. The van der Waals surface area contributed by atoms with E-state index in [1.54, 1.807) is 42.5 Å². The zero-order valence-electron chi connectivity index (χ0n) is 35.9. The molecule has 0 unspecified atom stereocenters. The minimum atomic E-state index is -4.72. The molecule has 3 fully saturated rings. The molecule has 3 aliphatic heterocycles. The van der Waals surface area contributed by atoms with E-state index in [9.17, 15) is 23.4 Å². The highest BCUT2D eigenvalue weighted by atomic mass is 79.9. The molecule has 1 saturated carbocycles. The molecule has 2 saturated heterocycles. The lowest BCUT2D eigenvalue weighted by atomic mass is 9.76. The fourth-order valence-electron chi connectivity index (χ4n) is 9.69. The maximum atomic E-state index is 14.7. The second-order valence-corrected chi connectivity index (χ2v) is 28.5. The van der Waals surface area contributed by atoms with E-state index in [0.29, 0.717) is 44.8 Å². The fourth-order valence-corrected chi connectivity index (χ4v) is 21.7. The van der Waals surface area contributed by atoms with Gasteiger partial charge < -0.3 is 46.9 Å². The Bertz CT molecular complexity index is 1980. The standard InChI is InChI=1S/C44H57Br2F3O10Si2/c1-24(2)60(25(3)4)57-40-36(50)38(55-42(52-9)17-19-53-20-18-42)39(37(51)41(40)58-61(59-60,26(5)6)27(7)8)56-43(28-11-10-12-29(21-28)44(47,48)49)32-22-30(45)13-15-34(32)54-35-16-14-31(46)23-33(35)43/h10-16,21-27,36-41,50-51H,17-20H2,1-9H3/t36-,37-,38+,39-,40+,41+/m0/s1. The molecule has 3 aromatic rings.